The van der Waals surface area contributed by atoms with Crippen LogP contribution in [0.3, 0.4) is 0 Å². The molecule has 0 N–H and O–H groups in total. The number of hydrogen-bond donors (Lipinski definition) is 0. The van der Waals surface area contributed by atoms with Gasteiger partial charge in [0.1, 0.15) is 0 Å². The highest BCUT2D eigenvalue weighted by atomic mass is 15.1. The molecule has 0 unspecified atom stereocenters. The highest BCUT2D eigenvalue weighted by molar-refractivity contribution is 6.15. The van der Waals surface area contributed by atoms with E-state index in [2.05, 4.69) is 186 Å². The van der Waals surface area contributed by atoms with Gasteiger partial charge in [0.05, 0.1) is 11.4 Å². The van der Waals surface area contributed by atoms with Crippen molar-refractivity contribution in [2.45, 2.75) is 70.6 Å². The lowest BCUT2D eigenvalue weighted by atomic mass is 9.63. The van der Waals surface area contributed by atoms with Crippen LogP contribution in [0.15, 0.2) is 140 Å². The fourth-order valence-corrected chi connectivity index (χ4v) is 9.11. The Morgan fingerprint density at radius 2 is 1.06 bits per heavy atom. The lowest BCUT2D eigenvalue weighted by Gasteiger charge is -2.42. The quantitative estimate of drug-likeness (QED) is 0.172. The first-order valence-electron chi connectivity index (χ1n) is 18.2. The number of rotatable bonds is 4. The molecular formula is C49H45N. The van der Waals surface area contributed by atoms with E-state index in [0.29, 0.717) is 0 Å². The monoisotopic (exact) mass is 647 g/mol. The van der Waals surface area contributed by atoms with Gasteiger partial charge in [0.15, 0.2) is 0 Å². The molecule has 246 valence electrons. The molecule has 0 saturated heterocycles. The Labute approximate surface area is 297 Å². The van der Waals surface area contributed by atoms with Gasteiger partial charge in [-0.25, -0.2) is 0 Å². The second-order valence-electron chi connectivity index (χ2n) is 16.4. The second-order valence-corrected chi connectivity index (χ2v) is 16.4. The first-order valence-corrected chi connectivity index (χ1v) is 18.2. The van der Waals surface area contributed by atoms with Crippen molar-refractivity contribution in [1.29, 1.82) is 0 Å². The molecule has 0 spiro atoms. The smallest absolute Gasteiger partial charge is 0.0546 e. The minimum Gasteiger partial charge on any atom is -0.309 e. The molecule has 0 bridgehead atoms. The minimum absolute atomic E-state index is 0.111. The van der Waals surface area contributed by atoms with Crippen molar-refractivity contribution in [1.82, 2.24) is 0 Å². The van der Waals surface area contributed by atoms with Gasteiger partial charge in [0.2, 0.25) is 0 Å². The molecule has 0 atom stereocenters. The average Bonchev–Trinajstić information content (AvgIpc) is 3.36. The van der Waals surface area contributed by atoms with E-state index in [9.17, 15) is 0 Å². The van der Waals surface area contributed by atoms with Crippen molar-refractivity contribution < 1.29 is 0 Å². The molecule has 1 heteroatoms. The summed E-state index contributed by atoms with van der Waals surface area (Å²) >= 11 is 0. The standard InChI is InChI=1S/C49H45N/c1-47(2)26-27-48(3,4)44-28-33(24-25-42(44)47)39-30-40-37-21-14-15-23-41(37)49(5,6)43(40)31-46(39)50(34-17-8-7-9-18-34)45-29-32-16-10-11-19-35(32)36-20-12-13-22-38(36)45/h7-25,28-31H,26-27H2,1-6H3. The van der Waals surface area contributed by atoms with E-state index < -0.39 is 0 Å². The first kappa shape index (κ1) is 30.9. The van der Waals surface area contributed by atoms with Crippen LogP contribution in [0.25, 0.3) is 43.8 Å². The zero-order valence-electron chi connectivity index (χ0n) is 30.1. The van der Waals surface area contributed by atoms with Crippen LogP contribution >= 0.6 is 0 Å². The van der Waals surface area contributed by atoms with Crippen LogP contribution in [-0.4, -0.2) is 0 Å². The topological polar surface area (TPSA) is 3.24 Å². The van der Waals surface area contributed by atoms with Crippen molar-refractivity contribution in [3.63, 3.8) is 0 Å². The number of nitrogens with zero attached hydrogens (tertiary/aromatic N) is 1. The van der Waals surface area contributed by atoms with Crippen molar-refractivity contribution in [2.24, 2.45) is 0 Å². The molecular weight excluding hydrogens is 603 g/mol. The molecule has 0 amide bonds. The summed E-state index contributed by atoms with van der Waals surface area (Å²) < 4.78 is 0. The fraction of sp³-hybridized carbons (Fsp3) is 0.224. The van der Waals surface area contributed by atoms with E-state index in [-0.39, 0.29) is 16.2 Å². The Balaban J connectivity index is 1.40. The van der Waals surface area contributed by atoms with Crippen molar-refractivity contribution in [2.75, 3.05) is 4.90 Å². The van der Waals surface area contributed by atoms with Crippen LogP contribution < -0.4 is 4.90 Å². The predicted octanol–water partition coefficient (Wildman–Crippen LogP) is 13.8. The highest BCUT2D eigenvalue weighted by Crippen LogP contribution is 2.55. The molecule has 0 fully saturated rings. The molecule has 7 aromatic rings. The summed E-state index contributed by atoms with van der Waals surface area (Å²) in [5, 5.41) is 5.05. The van der Waals surface area contributed by atoms with E-state index in [4.69, 9.17) is 0 Å². The zero-order chi connectivity index (χ0) is 34.4. The lowest BCUT2D eigenvalue weighted by molar-refractivity contribution is 0.332. The summed E-state index contributed by atoms with van der Waals surface area (Å²) in [6.07, 6.45) is 2.40. The Hall–Kier alpha value is -5.14. The largest absolute Gasteiger partial charge is 0.309 e. The summed E-state index contributed by atoms with van der Waals surface area (Å²) in [7, 11) is 0. The number of fused-ring (bicyclic) bond motifs is 7. The van der Waals surface area contributed by atoms with Crippen LogP contribution in [0.2, 0.25) is 0 Å². The maximum absolute atomic E-state index is 2.54. The van der Waals surface area contributed by atoms with Gasteiger partial charge in [0.25, 0.3) is 0 Å². The number of hydrogen-bond acceptors (Lipinski definition) is 1. The second kappa shape index (κ2) is 10.9. The molecule has 0 aromatic heterocycles. The third-order valence-electron chi connectivity index (χ3n) is 12.1. The Morgan fingerprint density at radius 3 is 1.84 bits per heavy atom. The van der Waals surface area contributed by atoms with Gasteiger partial charge in [-0.05, 0) is 109 Å². The zero-order valence-corrected chi connectivity index (χ0v) is 30.1. The van der Waals surface area contributed by atoms with Crippen LogP contribution in [0.5, 0.6) is 0 Å². The van der Waals surface area contributed by atoms with Gasteiger partial charge >= 0.3 is 0 Å². The molecule has 0 saturated carbocycles. The fourth-order valence-electron chi connectivity index (χ4n) is 9.11. The SMILES string of the molecule is CC1(C)CCC(C)(C)c2cc(-c3cc4c(cc3N(c3ccccc3)c3cc5ccccc5c5ccccc35)C(C)(C)c3ccccc3-4)ccc21. The Kier molecular flexibility index (Phi) is 6.75. The van der Waals surface area contributed by atoms with E-state index >= 15 is 0 Å². The van der Waals surface area contributed by atoms with Gasteiger partial charge in [0, 0.05) is 22.1 Å². The molecule has 7 aromatic carbocycles. The van der Waals surface area contributed by atoms with Gasteiger partial charge < -0.3 is 4.90 Å². The van der Waals surface area contributed by atoms with E-state index in [0.717, 1.165) is 5.69 Å². The van der Waals surface area contributed by atoms with E-state index in [1.165, 1.54) is 90.3 Å². The van der Waals surface area contributed by atoms with E-state index in [1.807, 2.05) is 0 Å². The molecule has 0 radical (unpaired) electrons. The molecule has 50 heavy (non-hydrogen) atoms. The van der Waals surface area contributed by atoms with Gasteiger partial charge in [-0.3, -0.25) is 0 Å². The van der Waals surface area contributed by atoms with E-state index in [1.54, 1.807) is 0 Å². The maximum Gasteiger partial charge on any atom is 0.0546 e. The maximum atomic E-state index is 2.54. The van der Waals surface area contributed by atoms with Crippen LogP contribution in [0.4, 0.5) is 17.1 Å². The molecule has 1 nitrogen and oxygen atoms in total. The summed E-state index contributed by atoms with van der Waals surface area (Å²) in [6.45, 7) is 14.5. The predicted molar refractivity (Wildman–Crippen MR) is 214 cm³/mol. The molecule has 0 heterocycles. The normalized spacial score (nSPS) is 16.5. The molecule has 0 aliphatic heterocycles. The third-order valence-corrected chi connectivity index (χ3v) is 12.1. The Morgan fingerprint density at radius 1 is 0.420 bits per heavy atom. The first-order chi connectivity index (χ1) is 24.0. The molecule has 9 rings (SSSR count). The summed E-state index contributed by atoms with van der Waals surface area (Å²) in [5.41, 5.74) is 14.7. The van der Waals surface area contributed by atoms with Gasteiger partial charge in [-0.2, -0.15) is 0 Å². The van der Waals surface area contributed by atoms with Gasteiger partial charge in [-0.1, -0.05) is 151 Å². The van der Waals surface area contributed by atoms with Crippen LogP contribution in [-0.2, 0) is 16.2 Å². The minimum atomic E-state index is -0.130. The van der Waals surface area contributed by atoms with Crippen molar-refractivity contribution in [3.05, 3.63) is 162 Å². The summed E-state index contributed by atoms with van der Waals surface area (Å²) in [4.78, 5) is 2.54. The summed E-state index contributed by atoms with van der Waals surface area (Å²) in [6, 6.07) is 52.6. The molecule has 2 aliphatic carbocycles. The number of anilines is 3. The summed E-state index contributed by atoms with van der Waals surface area (Å²) in [5.74, 6) is 0. The third kappa shape index (κ3) is 4.59. The molecule has 2 aliphatic rings. The van der Waals surface area contributed by atoms with Gasteiger partial charge in [-0.15, -0.1) is 0 Å². The average molecular weight is 648 g/mol. The van der Waals surface area contributed by atoms with Crippen LogP contribution in [0.1, 0.15) is 76.6 Å². The number of benzene rings is 7. The number of para-hydroxylation sites is 1. The highest BCUT2D eigenvalue weighted by Gasteiger charge is 2.39. The lowest BCUT2D eigenvalue weighted by Crippen LogP contribution is -2.33. The van der Waals surface area contributed by atoms with Crippen molar-refractivity contribution in [3.8, 4) is 22.3 Å². The Bertz CT molecular complexity index is 2460. The van der Waals surface area contributed by atoms with Crippen molar-refractivity contribution >= 4 is 38.6 Å². The van der Waals surface area contributed by atoms with Crippen LogP contribution in [0, 0.1) is 0 Å².